The lowest BCUT2D eigenvalue weighted by Gasteiger charge is -2.16. The number of carbonyl (C=O) groups excluding carboxylic acids is 1. The molecule has 2 aromatic carbocycles. The van der Waals surface area contributed by atoms with E-state index in [0.717, 1.165) is 22.7 Å². The zero-order chi connectivity index (χ0) is 17.2. The molecule has 0 aromatic heterocycles. The number of nitrogens with zero attached hydrogens (tertiary/aromatic N) is 1. The SMILES string of the molecule is CN(c1ccc(NC(=O)c2ccc(F)c(F)c2)cc1)S(C)(=O)=O. The topological polar surface area (TPSA) is 66.5 Å². The van der Waals surface area contributed by atoms with Crippen LogP contribution in [0.3, 0.4) is 0 Å². The van der Waals surface area contributed by atoms with Gasteiger partial charge < -0.3 is 5.32 Å². The van der Waals surface area contributed by atoms with Crippen LogP contribution in [0, 0.1) is 11.6 Å². The number of sulfonamides is 1. The molecule has 5 nitrogen and oxygen atoms in total. The summed E-state index contributed by atoms with van der Waals surface area (Å²) in [6.07, 6.45) is 1.08. The molecule has 0 heterocycles. The van der Waals surface area contributed by atoms with E-state index in [4.69, 9.17) is 0 Å². The largest absolute Gasteiger partial charge is 0.322 e. The summed E-state index contributed by atoms with van der Waals surface area (Å²) in [4.78, 5) is 11.9. The third-order valence-corrected chi connectivity index (χ3v) is 4.37. The van der Waals surface area contributed by atoms with Crippen molar-refractivity contribution >= 4 is 27.3 Å². The normalized spacial score (nSPS) is 11.1. The highest BCUT2D eigenvalue weighted by molar-refractivity contribution is 7.92. The summed E-state index contributed by atoms with van der Waals surface area (Å²) in [5.41, 5.74) is 0.796. The summed E-state index contributed by atoms with van der Waals surface area (Å²) >= 11 is 0. The molecule has 1 amide bonds. The van der Waals surface area contributed by atoms with Crippen molar-refractivity contribution in [2.24, 2.45) is 0 Å². The molecule has 0 saturated heterocycles. The highest BCUT2D eigenvalue weighted by Gasteiger charge is 2.13. The Morgan fingerprint density at radius 2 is 1.65 bits per heavy atom. The minimum atomic E-state index is -3.37. The first kappa shape index (κ1) is 16.9. The van der Waals surface area contributed by atoms with Crippen molar-refractivity contribution in [3.8, 4) is 0 Å². The third kappa shape index (κ3) is 4.04. The van der Waals surface area contributed by atoms with Crippen LogP contribution in [-0.2, 0) is 10.0 Å². The van der Waals surface area contributed by atoms with Gasteiger partial charge in [0.2, 0.25) is 10.0 Å². The predicted molar refractivity (Wildman–Crippen MR) is 84.0 cm³/mol. The fourth-order valence-corrected chi connectivity index (χ4v) is 2.29. The second-order valence-electron chi connectivity index (χ2n) is 4.86. The van der Waals surface area contributed by atoms with E-state index in [9.17, 15) is 22.0 Å². The number of hydrogen-bond donors (Lipinski definition) is 1. The van der Waals surface area contributed by atoms with Crippen LogP contribution in [0.5, 0.6) is 0 Å². The van der Waals surface area contributed by atoms with Crippen molar-refractivity contribution in [2.45, 2.75) is 0 Å². The Balaban J connectivity index is 2.14. The number of rotatable bonds is 4. The van der Waals surface area contributed by atoms with Crippen molar-refractivity contribution in [1.29, 1.82) is 0 Å². The van der Waals surface area contributed by atoms with Gasteiger partial charge >= 0.3 is 0 Å². The minimum Gasteiger partial charge on any atom is -0.322 e. The van der Waals surface area contributed by atoms with Crippen molar-refractivity contribution in [2.75, 3.05) is 22.9 Å². The molecule has 0 aliphatic heterocycles. The fourth-order valence-electron chi connectivity index (χ4n) is 1.79. The van der Waals surface area contributed by atoms with Crippen LogP contribution >= 0.6 is 0 Å². The molecule has 0 aliphatic rings. The Hall–Kier alpha value is -2.48. The smallest absolute Gasteiger partial charge is 0.255 e. The van der Waals surface area contributed by atoms with Gasteiger partial charge in [0.15, 0.2) is 11.6 Å². The predicted octanol–water partition coefficient (Wildman–Crippen LogP) is 2.61. The average molecular weight is 340 g/mol. The number of carbonyl (C=O) groups is 1. The lowest BCUT2D eigenvalue weighted by atomic mass is 10.2. The average Bonchev–Trinajstić information content (AvgIpc) is 2.49. The standard InChI is InChI=1S/C15H14F2N2O3S/c1-19(23(2,21)22)12-6-4-11(5-7-12)18-15(20)10-3-8-13(16)14(17)9-10/h3-9H,1-2H3,(H,18,20). The van der Waals surface area contributed by atoms with Crippen molar-refractivity contribution in [1.82, 2.24) is 0 Å². The number of amides is 1. The van der Waals surface area contributed by atoms with E-state index in [-0.39, 0.29) is 5.56 Å². The first-order valence-corrected chi connectivity index (χ1v) is 8.33. The zero-order valence-corrected chi connectivity index (χ0v) is 13.2. The Kier molecular flexibility index (Phi) is 4.65. The van der Waals surface area contributed by atoms with Crippen molar-refractivity contribution in [3.05, 3.63) is 59.7 Å². The maximum atomic E-state index is 13.1. The van der Waals surface area contributed by atoms with Gasteiger partial charge in [-0.3, -0.25) is 9.10 Å². The van der Waals surface area contributed by atoms with Gasteiger partial charge in [-0.05, 0) is 42.5 Å². The van der Waals surface area contributed by atoms with Gasteiger partial charge in [0.1, 0.15) is 0 Å². The highest BCUT2D eigenvalue weighted by Crippen LogP contribution is 2.19. The minimum absolute atomic E-state index is 0.0266. The quantitative estimate of drug-likeness (QED) is 0.930. The molecule has 0 atom stereocenters. The van der Waals surface area contributed by atoms with E-state index < -0.39 is 27.6 Å². The molecule has 0 fully saturated rings. The summed E-state index contributed by atoms with van der Waals surface area (Å²) in [5, 5.41) is 2.51. The molecule has 0 spiro atoms. The van der Waals surface area contributed by atoms with Gasteiger partial charge in [0.05, 0.1) is 11.9 Å². The summed E-state index contributed by atoms with van der Waals surface area (Å²) in [6, 6.07) is 8.89. The Bertz CT molecular complexity index is 836. The number of halogens is 2. The molecule has 0 unspecified atom stereocenters. The first-order valence-electron chi connectivity index (χ1n) is 6.49. The van der Waals surface area contributed by atoms with Gasteiger partial charge in [-0.25, -0.2) is 17.2 Å². The molecule has 2 aromatic rings. The Morgan fingerprint density at radius 3 is 2.17 bits per heavy atom. The summed E-state index contributed by atoms with van der Waals surface area (Å²) in [6.45, 7) is 0. The summed E-state index contributed by atoms with van der Waals surface area (Å²) in [7, 11) is -1.97. The van der Waals surface area contributed by atoms with Gasteiger partial charge in [0.25, 0.3) is 5.91 Å². The maximum Gasteiger partial charge on any atom is 0.255 e. The molecule has 0 aliphatic carbocycles. The van der Waals surface area contributed by atoms with E-state index >= 15 is 0 Å². The van der Waals surface area contributed by atoms with Crippen LogP contribution in [0.15, 0.2) is 42.5 Å². The molecule has 0 radical (unpaired) electrons. The van der Waals surface area contributed by atoms with Crippen LogP contribution in [0.1, 0.15) is 10.4 Å². The monoisotopic (exact) mass is 340 g/mol. The van der Waals surface area contributed by atoms with Crippen LogP contribution in [0.2, 0.25) is 0 Å². The van der Waals surface area contributed by atoms with E-state index in [1.165, 1.54) is 37.4 Å². The Labute approximate surface area is 132 Å². The summed E-state index contributed by atoms with van der Waals surface area (Å²) in [5.74, 6) is -2.74. The van der Waals surface area contributed by atoms with Gasteiger partial charge in [0, 0.05) is 18.3 Å². The molecule has 122 valence electrons. The van der Waals surface area contributed by atoms with Gasteiger partial charge in [-0.15, -0.1) is 0 Å². The molecule has 0 saturated carbocycles. The Morgan fingerprint density at radius 1 is 1.04 bits per heavy atom. The van der Waals surface area contributed by atoms with Crippen molar-refractivity contribution < 1.29 is 22.0 Å². The van der Waals surface area contributed by atoms with E-state index in [2.05, 4.69) is 5.32 Å². The first-order chi connectivity index (χ1) is 10.7. The van der Waals surface area contributed by atoms with Gasteiger partial charge in [-0.2, -0.15) is 0 Å². The molecule has 23 heavy (non-hydrogen) atoms. The zero-order valence-electron chi connectivity index (χ0n) is 12.4. The molecule has 2 rings (SSSR count). The second kappa shape index (κ2) is 6.33. The third-order valence-electron chi connectivity index (χ3n) is 3.17. The molecular formula is C15H14F2N2O3S. The lowest BCUT2D eigenvalue weighted by molar-refractivity contribution is 0.102. The lowest BCUT2D eigenvalue weighted by Crippen LogP contribution is -2.24. The van der Waals surface area contributed by atoms with Crippen LogP contribution in [0.4, 0.5) is 20.2 Å². The number of anilines is 2. The molecule has 8 heteroatoms. The molecular weight excluding hydrogens is 326 g/mol. The van der Waals surface area contributed by atoms with Crippen molar-refractivity contribution in [3.63, 3.8) is 0 Å². The van der Waals surface area contributed by atoms with Crippen LogP contribution in [0.25, 0.3) is 0 Å². The van der Waals surface area contributed by atoms with Crippen LogP contribution in [-0.4, -0.2) is 27.6 Å². The number of benzene rings is 2. The number of hydrogen-bond acceptors (Lipinski definition) is 3. The van der Waals surface area contributed by atoms with E-state index in [0.29, 0.717) is 11.4 Å². The second-order valence-corrected chi connectivity index (χ2v) is 6.87. The van der Waals surface area contributed by atoms with E-state index in [1.807, 2.05) is 0 Å². The molecule has 0 bridgehead atoms. The molecule has 1 N–H and O–H groups in total. The van der Waals surface area contributed by atoms with Crippen LogP contribution < -0.4 is 9.62 Å². The maximum absolute atomic E-state index is 13.1. The summed E-state index contributed by atoms with van der Waals surface area (Å²) < 4.78 is 49.9. The van der Waals surface area contributed by atoms with Gasteiger partial charge in [-0.1, -0.05) is 0 Å². The highest BCUT2D eigenvalue weighted by atomic mass is 32.2. The van der Waals surface area contributed by atoms with E-state index in [1.54, 1.807) is 0 Å². The number of nitrogens with one attached hydrogen (secondary N) is 1. The fraction of sp³-hybridized carbons (Fsp3) is 0.133.